The van der Waals surface area contributed by atoms with Crippen molar-refractivity contribution in [1.82, 2.24) is 9.80 Å². The Balaban J connectivity index is 1.56. The number of carbonyl (C=O) groups excluding carboxylic acids is 1. The van der Waals surface area contributed by atoms with Gasteiger partial charge in [0.25, 0.3) is 0 Å². The smallest absolute Gasteiger partial charge is 0.223 e. The molecule has 0 saturated carbocycles. The summed E-state index contributed by atoms with van der Waals surface area (Å²) in [7, 11) is 0. The SMILES string of the molecule is Cc1ccc(C2(N3CCCC3=O)CCN(Cc3ccccc3)CC2)cc1. The number of likely N-dealkylation sites (tertiary alicyclic amines) is 2. The van der Waals surface area contributed by atoms with Crippen molar-refractivity contribution in [3.05, 3.63) is 71.3 Å². The monoisotopic (exact) mass is 348 g/mol. The molecule has 2 aliphatic heterocycles. The molecule has 0 atom stereocenters. The van der Waals surface area contributed by atoms with Crippen LogP contribution in [0.25, 0.3) is 0 Å². The average Bonchev–Trinajstić information content (AvgIpc) is 3.11. The van der Waals surface area contributed by atoms with Crippen LogP contribution >= 0.6 is 0 Å². The van der Waals surface area contributed by atoms with Gasteiger partial charge in [-0.05, 0) is 37.3 Å². The normalized spacial score (nSPS) is 20.5. The highest BCUT2D eigenvalue weighted by Gasteiger charge is 2.44. The van der Waals surface area contributed by atoms with Gasteiger partial charge >= 0.3 is 0 Å². The summed E-state index contributed by atoms with van der Waals surface area (Å²) in [6.07, 6.45) is 3.75. The van der Waals surface area contributed by atoms with Gasteiger partial charge in [-0.25, -0.2) is 0 Å². The van der Waals surface area contributed by atoms with Gasteiger partial charge in [-0.2, -0.15) is 0 Å². The van der Waals surface area contributed by atoms with E-state index in [-0.39, 0.29) is 5.54 Å². The molecular weight excluding hydrogens is 320 g/mol. The standard InChI is InChI=1S/C23H28N2O/c1-19-9-11-21(12-10-19)23(25-15-5-8-22(25)26)13-16-24(17-14-23)18-20-6-3-2-4-7-20/h2-4,6-7,9-12H,5,8,13-18H2,1H3. The summed E-state index contributed by atoms with van der Waals surface area (Å²) in [6, 6.07) is 19.6. The number of carbonyl (C=O) groups is 1. The van der Waals surface area contributed by atoms with Crippen LogP contribution < -0.4 is 0 Å². The van der Waals surface area contributed by atoms with Gasteiger partial charge in [-0.15, -0.1) is 0 Å². The first-order chi connectivity index (χ1) is 12.7. The van der Waals surface area contributed by atoms with Crippen LogP contribution in [0.3, 0.4) is 0 Å². The van der Waals surface area contributed by atoms with Crippen molar-refractivity contribution >= 4 is 5.91 Å². The van der Waals surface area contributed by atoms with E-state index in [4.69, 9.17) is 0 Å². The summed E-state index contributed by atoms with van der Waals surface area (Å²) in [5, 5.41) is 0. The molecule has 0 aliphatic carbocycles. The maximum Gasteiger partial charge on any atom is 0.223 e. The molecule has 2 aromatic carbocycles. The zero-order chi connectivity index (χ0) is 18.0. The Labute approximate surface area is 156 Å². The lowest BCUT2D eigenvalue weighted by Crippen LogP contribution is -2.53. The molecule has 0 aromatic heterocycles. The number of piperidine rings is 1. The molecule has 3 nitrogen and oxygen atoms in total. The molecule has 2 aromatic rings. The number of nitrogens with zero attached hydrogens (tertiary/aromatic N) is 2. The highest BCUT2D eigenvalue weighted by atomic mass is 16.2. The van der Waals surface area contributed by atoms with Gasteiger partial charge in [-0.1, -0.05) is 60.2 Å². The van der Waals surface area contributed by atoms with Crippen LogP contribution in [0.4, 0.5) is 0 Å². The predicted molar refractivity (Wildman–Crippen MR) is 105 cm³/mol. The fourth-order valence-electron chi connectivity index (χ4n) is 4.60. The topological polar surface area (TPSA) is 23.6 Å². The second-order valence-electron chi connectivity index (χ2n) is 7.81. The lowest BCUT2D eigenvalue weighted by atomic mass is 9.79. The first kappa shape index (κ1) is 17.3. The number of hydrogen-bond acceptors (Lipinski definition) is 2. The third-order valence-electron chi connectivity index (χ3n) is 6.11. The maximum atomic E-state index is 12.6. The van der Waals surface area contributed by atoms with E-state index in [1.54, 1.807) is 0 Å². The molecule has 0 bridgehead atoms. The van der Waals surface area contributed by atoms with E-state index < -0.39 is 0 Å². The number of aryl methyl sites for hydroxylation is 1. The molecule has 2 fully saturated rings. The summed E-state index contributed by atoms with van der Waals surface area (Å²) in [5.41, 5.74) is 3.84. The van der Waals surface area contributed by atoms with Gasteiger partial charge in [0.15, 0.2) is 0 Å². The highest BCUT2D eigenvalue weighted by molar-refractivity contribution is 5.79. The lowest BCUT2D eigenvalue weighted by molar-refractivity contribution is -0.136. The fraction of sp³-hybridized carbons (Fsp3) is 0.435. The van der Waals surface area contributed by atoms with Crippen molar-refractivity contribution in [2.45, 2.75) is 44.7 Å². The molecule has 0 unspecified atom stereocenters. The van der Waals surface area contributed by atoms with E-state index in [1.807, 2.05) is 0 Å². The van der Waals surface area contributed by atoms with Gasteiger partial charge in [0.05, 0.1) is 5.54 Å². The summed E-state index contributed by atoms with van der Waals surface area (Å²) in [6.45, 7) is 6.10. The Bertz CT molecular complexity index is 746. The van der Waals surface area contributed by atoms with E-state index in [0.29, 0.717) is 12.3 Å². The predicted octanol–water partition coefficient (Wildman–Crippen LogP) is 4.11. The van der Waals surface area contributed by atoms with Crippen LogP contribution in [0.5, 0.6) is 0 Å². The third-order valence-corrected chi connectivity index (χ3v) is 6.11. The van der Waals surface area contributed by atoms with E-state index in [1.165, 1.54) is 16.7 Å². The molecule has 3 heteroatoms. The van der Waals surface area contributed by atoms with Crippen molar-refractivity contribution in [2.75, 3.05) is 19.6 Å². The van der Waals surface area contributed by atoms with Crippen LogP contribution in [-0.2, 0) is 16.9 Å². The maximum absolute atomic E-state index is 12.6. The number of rotatable bonds is 4. The van der Waals surface area contributed by atoms with Gasteiger partial charge in [0.1, 0.15) is 0 Å². The highest BCUT2D eigenvalue weighted by Crippen LogP contribution is 2.41. The second kappa shape index (κ2) is 7.24. The first-order valence-electron chi connectivity index (χ1n) is 9.81. The summed E-state index contributed by atoms with van der Waals surface area (Å²) >= 11 is 0. The number of benzene rings is 2. The molecule has 136 valence electrons. The van der Waals surface area contributed by atoms with Crippen molar-refractivity contribution in [3.8, 4) is 0 Å². The molecule has 2 aliphatic rings. The average molecular weight is 348 g/mol. The molecule has 4 rings (SSSR count). The van der Waals surface area contributed by atoms with Crippen LogP contribution in [0.2, 0.25) is 0 Å². The Hall–Kier alpha value is -2.13. The Kier molecular flexibility index (Phi) is 4.82. The summed E-state index contributed by atoms with van der Waals surface area (Å²) < 4.78 is 0. The minimum absolute atomic E-state index is 0.117. The molecule has 2 heterocycles. The van der Waals surface area contributed by atoms with Crippen molar-refractivity contribution < 1.29 is 4.79 Å². The van der Waals surface area contributed by atoms with Crippen LogP contribution in [0.1, 0.15) is 42.4 Å². The second-order valence-corrected chi connectivity index (χ2v) is 7.81. The van der Waals surface area contributed by atoms with Crippen LogP contribution in [0.15, 0.2) is 54.6 Å². The zero-order valence-electron chi connectivity index (χ0n) is 15.7. The van der Waals surface area contributed by atoms with Crippen molar-refractivity contribution in [2.24, 2.45) is 0 Å². The molecule has 0 N–H and O–H groups in total. The molecule has 2 saturated heterocycles. The van der Waals surface area contributed by atoms with Gasteiger partial charge in [-0.3, -0.25) is 9.69 Å². The van der Waals surface area contributed by atoms with E-state index >= 15 is 0 Å². The Morgan fingerprint density at radius 3 is 2.23 bits per heavy atom. The molecular formula is C23H28N2O. The minimum atomic E-state index is -0.117. The molecule has 26 heavy (non-hydrogen) atoms. The molecule has 1 amide bonds. The molecule has 0 radical (unpaired) electrons. The Morgan fingerprint density at radius 1 is 0.923 bits per heavy atom. The van der Waals surface area contributed by atoms with E-state index in [2.05, 4.69) is 71.3 Å². The zero-order valence-corrected chi connectivity index (χ0v) is 15.7. The largest absolute Gasteiger partial charge is 0.333 e. The fourth-order valence-corrected chi connectivity index (χ4v) is 4.60. The number of hydrogen-bond donors (Lipinski definition) is 0. The van der Waals surface area contributed by atoms with Crippen LogP contribution in [0, 0.1) is 6.92 Å². The van der Waals surface area contributed by atoms with E-state index in [9.17, 15) is 4.79 Å². The molecule has 0 spiro atoms. The van der Waals surface area contributed by atoms with Gasteiger partial charge in [0, 0.05) is 32.6 Å². The first-order valence-corrected chi connectivity index (χ1v) is 9.81. The Morgan fingerprint density at radius 2 is 1.62 bits per heavy atom. The van der Waals surface area contributed by atoms with Gasteiger partial charge < -0.3 is 4.90 Å². The quantitative estimate of drug-likeness (QED) is 0.830. The van der Waals surface area contributed by atoms with E-state index in [0.717, 1.165) is 45.4 Å². The summed E-state index contributed by atoms with van der Waals surface area (Å²) in [4.78, 5) is 17.3. The van der Waals surface area contributed by atoms with Crippen molar-refractivity contribution in [3.63, 3.8) is 0 Å². The van der Waals surface area contributed by atoms with Gasteiger partial charge in [0.2, 0.25) is 5.91 Å². The van der Waals surface area contributed by atoms with Crippen LogP contribution in [-0.4, -0.2) is 35.3 Å². The summed E-state index contributed by atoms with van der Waals surface area (Å²) in [5.74, 6) is 0.335. The lowest BCUT2D eigenvalue weighted by Gasteiger charge is -2.48. The minimum Gasteiger partial charge on any atom is -0.333 e. The third kappa shape index (κ3) is 3.28. The van der Waals surface area contributed by atoms with Crippen molar-refractivity contribution in [1.29, 1.82) is 0 Å². The number of amides is 1.